The molecule has 68 valence electrons. The van der Waals surface area contributed by atoms with Crippen molar-refractivity contribution in [2.24, 2.45) is 0 Å². The Hall–Kier alpha value is -0.170. The molecule has 0 atom stereocenters. The van der Waals surface area contributed by atoms with Crippen LogP contribution < -0.4 is 0 Å². The van der Waals surface area contributed by atoms with Gasteiger partial charge in [-0.15, -0.1) is 0 Å². The number of aliphatic hydroxyl groups excluding tert-OH is 1. The molecular formula is C5H13NO4S. The first-order valence-corrected chi connectivity index (χ1v) is 4.62. The molecule has 0 aliphatic carbocycles. The Labute approximate surface area is 66.8 Å². The van der Waals surface area contributed by atoms with E-state index in [9.17, 15) is 8.42 Å². The second kappa shape index (κ2) is 4.66. The topological polar surface area (TPSA) is 66.8 Å². The zero-order chi connectivity index (χ0) is 8.91. The smallest absolute Gasteiger partial charge is 0.340 e. The van der Waals surface area contributed by atoms with Gasteiger partial charge in [-0.25, -0.2) is 0 Å². The van der Waals surface area contributed by atoms with Crippen LogP contribution in [0.2, 0.25) is 0 Å². The Kier molecular flexibility index (Phi) is 4.58. The SMILES string of the molecule is CCCOS(=O)(=O)N(C)CO. The van der Waals surface area contributed by atoms with Gasteiger partial charge in [0.25, 0.3) is 0 Å². The minimum absolute atomic E-state index is 0.146. The quantitative estimate of drug-likeness (QED) is 0.586. The molecule has 5 nitrogen and oxygen atoms in total. The molecule has 0 aliphatic heterocycles. The summed E-state index contributed by atoms with van der Waals surface area (Å²) in [6.45, 7) is 1.38. The highest BCUT2D eigenvalue weighted by atomic mass is 32.2. The molecule has 0 spiro atoms. The molecule has 0 unspecified atom stereocenters. The van der Waals surface area contributed by atoms with Gasteiger partial charge in [-0.1, -0.05) is 6.92 Å². The number of hydrogen-bond acceptors (Lipinski definition) is 4. The molecule has 1 N–H and O–H groups in total. The molecule has 0 rings (SSSR count). The van der Waals surface area contributed by atoms with Crippen LogP contribution in [0, 0.1) is 0 Å². The summed E-state index contributed by atoms with van der Waals surface area (Å²) in [5.74, 6) is 0. The van der Waals surface area contributed by atoms with Crippen molar-refractivity contribution in [3.05, 3.63) is 0 Å². The van der Waals surface area contributed by atoms with Gasteiger partial charge in [0.05, 0.1) is 6.61 Å². The Balaban J connectivity index is 4.01. The third-order valence-electron chi connectivity index (χ3n) is 1.02. The van der Waals surface area contributed by atoms with E-state index in [1.54, 1.807) is 6.92 Å². The van der Waals surface area contributed by atoms with Gasteiger partial charge in [0.2, 0.25) is 0 Å². The molecule has 0 aromatic rings. The van der Waals surface area contributed by atoms with Crippen LogP contribution >= 0.6 is 0 Å². The largest absolute Gasteiger partial charge is 0.380 e. The van der Waals surface area contributed by atoms with Crippen molar-refractivity contribution in [1.29, 1.82) is 0 Å². The number of hydrogen-bond donors (Lipinski definition) is 1. The third kappa shape index (κ3) is 3.66. The summed E-state index contributed by atoms with van der Waals surface area (Å²) in [7, 11) is -2.45. The normalized spacial score (nSPS) is 12.4. The highest BCUT2D eigenvalue weighted by Gasteiger charge is 2.16. The van der Waals surface area contributed by atoms with Gasteiger partial charge in [-0.05, 0) is 6.42 Å². The number of nitrogens with zero attached hydrogens (tertiary/aromatic N) is 1. The minimum atomic E-state index is -3.69. The fraction of sp³-hybridized carbons (Fsp3) is 1.00. The fourth-order valence-corrected chi connectivity index (χ4v) is 1.05. The van der Waals surface area contributed by atoms with Crippen LogP contribution in [0.3, 0.4) is 0 Å². The highest BCUT2D eigenvalue weighted by molar-refractivity contribution is 7.84. The lowest BCUT2D eigenvalue weighted by atomic mass is 10.5. The summed E-state index contributed by atoms with van der Waals surface area (Å²) in [6.07, 6.45) is 0.624. The van der Waals surface area contributed by atoms with Crippen molar-refractivity contribution in [1.82, 2.24) is 4.31 Å². The Morgan fingerprint density at radius 1 is 1.55 bits per heavy atom. The molecular weight excluding hydrogens is 170 g/mol. The maximum atomic E-state index is 10.9. The third-order valence-corrected chi connectivity index (χ3v) is 2.36. The maximum absolute atomic E-state index is 10.9. The van der Waals surface area contributed by atoms with E-state index in [1.165, 1.54) is 7.05 Å². The van der Waals surface area contributed by atoms with E-state index in [-0.39, 0.29) is 6.61 Å². The van der Waals surface area contributed by atoms with E-state index in [4.69, 9.17) is 5.11 Å². The standard InChI is InChI=1S/C5H13NO4S/c1-3-4-10-11(8,9)6(2)5-7/h7H,3-5H2,1-2H3. The zero-order valence-corrected chi connectivity index (χ0v) is 7.47. The molecule has 0 aromatic carbocycles. The predicted molar refractivity (Wildman–Crippen MR) is 40.0 cm³/mol. The van der Waals surface area contributed by atoms with E-state index in [2.05, 4.69) is 4.18 Å². The fourth-order valence-electron chi connectivity index (χ4n) is 0.349. The van der Waals surface area contributed by atoms with E-state index >= 15 is 0 Å². The van der Waals surface area contributed by atoms with Crippen LogP contribution in [0.1, 0.15) is 13.3 Å². The second-order valence-electron chi connectivity index (χ2n) is 2.02. The Bertz CT molecular complexity index is 189. The first-order valence-electron chi connectivity index (χ1n) is 3.26. The van der Waals surface area contributed by atoms with Crippen molar-refractivity contribution < 1.29 is 17.7 Å². The Morgan fingerprint density at radius 3 is 2.45 bits per heavy atom. The molecule has 6 heteroatoms. The molecule has 0 amide bonds. The highest BCUT2D eigenvalue weighted by Crippen LogP contribution is 1.98. The van der Waals surface area contributed by atoms with E-state index in [0.29, 0.717) is 6.42 Å². The van der Waals surface area contributed by atoms with Crippen molar-refractivity contribution in [3.63, 3.8) is 0 Å². The first kappa shape index (κ1) is 10.8. The van der Waals surface area contributed by atoms with Crippen molar-refractivity contribution in [2.75, 3.05) is 20.4 Å². The van der Waals surface area contributed by atoms with Gasteiger partial charge in [-0.2, -0.15) is 12.7 Å². The van der Waals surface area contributed by atoms with Gasteiger partial charge in [0.1, 0.15) is 6.73 Å². The Morgan fingerprint density at radius 2 is 2.09 bits per heavy atom. The van der Waals surface area contributed by atoms with Crippen LogP contribution in [0.15, 0.2) is 0 Å². The number of aliphatic hydroxyl groups is 1. The lowest BCUT2D eigenvalue weighted by molar-refractivity contribution is 0.175. The molecule has 0 aliphatic rings. The average molecular weight is 183 g/mol. The summed E-state index contributed by atoms with van der Waals surface area (Å²) in [4.78, 5) is 0. The van der Waals surface area contributed by atoms with Gasteiger partial charge in [0.15, 0.2) is 0 Å². The van der Waals surface area contributed by atoms with Crippen molar-refractivity contribution in [3.8, 4) is 0 Å². The van der Waals surface area contributed by atoms with Gasteiger partial charge < -0.3 is 5.11 Å². The molecule has 0 saturated carbocycles. The van der Waals surface area contributed by atoms with Crippen LogP contribution in [-0.4, -0.2) is 38.2 Å². The van der Waals surface area contributed by atoms with Gasteiger partial charge in [-0.3, -0.25) is 4.18 Å². The van der Waals surface area contributed by atoms with E-state index in [1.807, 2.05) is 0 Å². The van der Waals surface area contributed by atoms with E-state index in [0.717, 1.165) is 4.31 Å². The molecule has 0 radical (unpaired) electrons. The molecule has 0 saturated heterocycles. The molecule has 0 heterocycles. The number of rotatable bonds is 5. The monoisotopic (exact) mass is 183 g/mol. The summed E-state index contributed by atoms with van der Waals surface area (Å²) in [5, 5.41) is 8.44. The van der Waals surface area contributed by atoms with Gasteiger partial charge in [0, 0.05) is 7.05 Å². The first-order chi connectivity index (χ1) is 5.04. The lowest BCUT2D eigenvalue weighted by Crippen LogP contribution is -2.29. The summed E-state index contributed by atoms with van der Waals surface area (Å²) in [5.41, 5.74) is 0. The summed E-state index contributed by atoms with van der Waals surface area (Å²) in [6, 6.07) is 0. The summed E-state index contributed by atoms with van der Waals surface area (Å²) < 4.78 is 26.9. The summed E-state index contributed by atoms with van der Waals surface area (Å²) >= 11 is 0. The van der Waals surface area contributed by atoms with Crippen LogP contribution in [0.25, 0.3) is 0 Å². The molecule has 11 heavy (non-hydrogen) atoms. The lowest BCUT2D eigenvalue weighted by Gasteiger charge is -2.12. The maximum Gasteiger partial charge on any atom is 0.340 e. The van der Waals surface area contributed by atoms with Crippen LogP contribution in [0.4, 0.5) is 0 Å². The van der Waals surface area contributed by atoms with Gasteiger partial charge >= 0.3 is 10.3 Å². The average Bonchev–Trinajstić information content (AvgIpc) is 1.99. The van der Waals surface area contributed by atoms with Crippen LogP contribution in [0.5, 0.6) is 0 Å². The van der Waals surface area contributed by atoms with Crippen molar-refractivity contribution in [2.45, 2.75) is 13.3 Å². The molecule has 0 bridgehead atoms. The van der Waals surface area contributed by atoms with E-state index < -0.39 is 17.0 Å². The molecule has 0 fully saturated rings. The second-order valence-corrected chi connectivity index (χ2v) is 3.73. The minimum Gasteiger partial charge on any atom is -0.380 e. The zero-order valence-electron chi connectivity index (χ0n) is 6.65. The van der Waals surface area contributed by atoms with Crippen molar-refractivity contribution >= 4 is 10.3 Å². The molecule has 0 aromatic heterocycles. The predicted octanol–water partition coefficient (Wildman–Crippen LogP) is -0.461. The van der Waals surface area contributed by atoms with Crippen LogP contribution in [-0.2, 0) is 14.5 Å².